The van der Waals surface area contributed by atoms with Crippen LogP contribution in [0.15, 0.2) is 11.0 Å². The smallest absolute Gasteiger partial charge is 0.0984 e. The first-order valence-corrected chi connectivity index (χ1v) is 11.8. The van der Waals surface area contributed by atoms with E-state index < -0.39 is 8.80 Å². The first-order valence-electron chi connectivity index (χ1n) is 9.27. The monoisotopic (exact) mass is 312 g/mol. The van der Waals surface area contributed by atoms with Gasteiger partial charge < -0.3 is 9.80 Å². The van der Waals surface area contributed by atoms with Crippen LogP contribution in [0.2, 0.25) is 12.6 Å². The molecular weight excluding hydrogens is 272 g/mol. The summed E-state index contributed by atoms with van der Waals surface area (Å²) in [7, 11) is -0.749. The predicted octanol–water partition coefficient (Wildman–Crippen LogP) is 4.88. The molecule has 1 unspecified atom stereocenters. The molecule has 0 aliphatic carbocycles. The van der Waals surface area contributed by atoms with Gasteiger partial charge in [-0.3, -0.25) is 0 Å². The zero-order valence-corrected chi connectivity index (χ0v) is 17.0. The van der Waals surface area contributed by atoms with Crippen molar-refractivity contribution in [1.82, 2.24) is 9.80 Å². The topological polar surface area (TPSA) is 6.48 Å². The summed E-state index contributed by atoms with van der Waals surface area (Å²) >= 11 is 0. The Bertz CT molecular complexity index is 259. The Morgan fingerprint density at radius 2 is 1.05 bits per heavy atom. The Labute approximate surface area is 136 Å². The predicted molar refractivity (Wildman–Crippen MR) is 101 cm³/mol. The van der Waals surface area contributed by atoms with Gasteiger partial charge in [0.15, 0.2) is 0 Å². The maximum Gasteiger partial charge on any atom is 0.0984 e. The number of hydrogen-bond donors (Lipinski definition) is 0. The average molecular weight is 313 g/mol. The van der Waals surface area contributed by atoms with Crippen molar-refractivity contribution in [2.24, 2.45) is 0 Å². The van der Waals surface area contributed by atoms with Gasteiger partial charge in [-0.1, -0.05) is 47.2 Å². The van der Waals surface area contributed by atoms with E-state index in [1.807, 2.05) is 0 Å². The second-order valence-electron chi connectivity index (χ2n) is 6.29. The van der Waals surface area contributed by atoms with Crippen LogP contribution in [-0.4, -0.2) is 44.8 Å². The number of rotatable bonds is 12. The molecule has 0 aromatic rings. The van der Waals surface area contributed by atoms with Crippen molar-refractivity contribution in [3.63, 3.8) is 0 Å². The molecule has 0 bridgehead atoms. The summed E-state index contributed by atoms with van der Waals surface area (Å²) in [4.78, 5) is 5.36. The van der Waals surface area contributed by atoms with E-state index in [1.165, 1.54) is 57.9 Å². The van der Waals surface area contributed by atoms with Crippen LogP contribution in [0.4, 0.5) is 0 Å². The van der Waals surface area contributed by atoms with Crippen molar-refractivity contribution in [3.8, 4) is 0 Å². The first kappa shape index (κ1) is 20.6. The fourth-order valence-electron chi connectivity index (χ4n) is 2.95. The van der Waals surface area contributed by atoms with Gasteiger partial charge in [0.2, 0.25) is 0 Å². The van der Waals surface area contributed by atoms with E-state index in [1.54, 1.807) is 11.0 Å². The van der Waals surface area contributed by atoms with Crippen LogP contribution in [0.25, 0.3) is 0 Å². The van der Waals surface area contributed by atoms with Gasteiger partial charge in [0.1, 0.15) is 0 Å². The summed E-state index contributed by atoms with van der Waals surface area (Å²) in [6, 6.07) is 1.37. The first-order chi connectivity index (χ1) is 10.1. The van der Waals surface area contributed by atoms with Gasteiger partial charge in [-0.15, -0.1) is 0 Å². The van der Waals surface area contributed by atoms with Crippen LogP contribution in [0.5, 0.6) is 0 Å². The van der Waals surface area contributed by atoms with E-state index in [9.17, 15) is 0 Å². The van der Waals surface area contributed by atoms with Gasteiger partial charge in [0.05, 0.1) is 14.6 Å². The van der Waals surface area contributed by atoms with E-state index in [-0.39, 0.29) is 0 Å². The van der Waals surface area contributed by atoms with Crippen LogP contribution in [0.3, 0.4) is 0 Å². The number of hydrogen-bond acceptors (Lipinski definition) is 2. The maximum atomic E-state index is 2.68. The largest absolute Gasteiger partial charge is 0.359 e. The Kier molecular flexibility index (Phi) is 11.9. The highest BCUT2D eigenvalue weighted by atomic mass is 28.3. The van der Waals surface area contributed by atoms with Crippen LogP contribution >= 0.6 is 0 Å². The summed E-state index contributed by atoms with van der Waals surface area (Å²) < 4.78 is 0. The zero-order chi connectivity index (χ0) is 16.3. The highest BCUT2D eigenvalue weighted by molar-refractivity contribution is 6.65. The summed E-state index contributed by atoms with van der Waals surface area (Å²) in [6.07, 6.45) is 4.96. The summed E-state index contributed by atoms with van der Waals surface area (Å²) in [5.74, 6) is 1.60. The van der Waals surface area contributed by atoms with E-state index in [0.717, 1.165) is 0 Å². The highest BCUT2D eigenvalue weighted by Crippen LogP contribution is 2.21. The third-order valence-electron chi connectivity index (χ3n) is 4.28. The van der Waals surface area contributed by atoms with Gasteiger partial charge in [-0.25, -0.2) is 0 Å². The molecule has 0 aromatic carbocycles. The second-order valence-corrected chi connectivity index (χ2v) is 9.77. The molecule has 3 heteroatoms. The number of nitrogens with zero attached hydrogens (tertiary/aromatic N) is 2. The maximum absolute atomic E-state index is 2.68. The minimum atomic E-state index is -0.749. The minimum Gasteiger partial charge on any atom is -0.359 e. The Balaban J connectivity index is 5.58. The molecule has 0 amide bonds. The molecule has 0 heterocycles. The van der Waals surface area contributed by atoms with Crippen molar-refractivity contribution < 1.29 is 0 Å². The van der Waals surface area contributed by atoms with Crippen molar-refractivity contribution in [1.29, 1.82) is 0 Å². The van der Waals surface area contributed by atoms with Crippen LogP contribution < -0.4 is 0 Å². The molecule has 0 aliphatic rings. The Morgan fingerprint density at radius 1 is 0.714 bits per heavy atom. The second kappa shape index (κ2) is 12.1. The Hall–Kier alpha value is -0.443. The molecule has 0 spiro atoms. The van der Waals surface area contributed by atoms with Gasteiger partial charge in [0.25, 0.3) is 0 Å². The van der Waals surface area contributed by atoms with Crippen molar-refractivity contribution in [2.75, 3.05) is 26.2 Å². The molecule has 0 N–H and O–H groups in total. The van der Waals surface area contributed by atoms with E-state index in [2.05, 4.69) is 57.9 Å². The third kappa shape index (κ3) is 6.90. The van der Waals surface area contributed by atoms with Crippen LogP contribution in [0, 0.1) is 0 Å². The Morgan fingerprint density at radius 3 is 1.29 bits per heavy atom. The van der Waals surface area contributed by atoms with E-state index in [4.69, 9.17) is 0 Å². The molecule has 0 saturated heterocycles. The van der Waals surface area contributed by atoms with E-state index in [0.29, 0.717) is 0 Å². The molecular formula is C18H40N2Si. The van der Waals surface area contributed by atoms with Crippen LogP contribution in [-0.2, 0) is 0 Å². The molecule has 0 fully saturated rings. The fourth-order valence-corrected chi connectivity index (χ4v) is 4.37. The van der Waals surface area contributed by atoms with Crippen molar-refractivity contribution >= 4 is 8.80 Å². The van der Waals surface area contributed by atoms with Crippen LogP contribution in [0.1, 0.15) is 67.2 Å². The molecule has 0 saturated carbocycles. The lowest BCUT2D eigenvalue weighted by Crippen LogP contribution is -2.40. The van der Waals surface area contributed by atoms with Gasteiger partial charge in [-0.05, 0) is 37.8 Å². The molecule has 1 atom stereocenters. The minimum absolute atomic E-state index is 0.749. The van der Waals surface area contributed by atoms with Gasteiger partial charge in [0, 0.05) is 26.2 Å². The summed E-state index contributed by atoms with van der Waals surface area (Å²) in [6.45, 7) is 21.3. The normalized spacial score (nSPS) is 12.1. The van der Waals surface area contributed by atoms with Crippen molar-refractivity contribution in [2.45, 2.75) is 79.8 Å². The average Bonchev–Trinajstić information content (AvgIpc) is 2.47. The molecule has 126 valence electrons. The van der Waals surface area contributed by atoms with Crippen molar-refractivity contribution in [3.05, 3.63) is 11.0 Å². The zero-order valence-electron chi connectivity index (χ0n) is 15.8. The third-order valence-corrected chi connectivity index (χ3v) is 7.24. The van der Waals surface area contributed by atoms with Gasteiger partial charge >= 0.3 is 0 Å². The number of allylic oxidation sites excluding steroid dienone is 1. The lowest BCUT2D eigenvalue weighted by molar-refractivity contribution is 0.205. The van der Waals surface area contributed by atoms with E-state index >= 15 is 0 Å². The fraction of sp³-hybridized carbons (Fsp3) is 0.889. The lowest BCUT2D eigenvalue weighted by atomic mass is 10.3. The molecule has 0 rings (SSSR count). The summed E-state index contributed by atoms with van der Waals surface area (Å²) in [5.41, 5.74) is 0. The molecule has 0 radical (unpaired) electrons. The standard InChI is InChI=1S/C18H40N2Si/c1-8-13-19(14-9-2)18(17(6)21(7)12-5)20(15-10-3)16-11-4/h21H,8-16H2,1-7H3. The summed E-state index contributed by atoms with van der Waals surface area (Å²) in [5, 5.41) is 1.72. The molecule has 0 aliphatic heterocycles. The highest BCUT2D eigenvalue weighted by Gasteiger charge is 2.20. The lowest BCUT2D eigenvalue weighted by Gasteiger charge is -2.38. The molecule has 21 heavy (non-hydrogen) atoms. The van der Waals surface area contributed by atoms with Gasteiger partial charge in [-0.2, -0.15) is 0 Å². The molecule has 2 nitrogen and oxygen atoms in total. The quantitative estimate of drug-likeness (QED) is 0.474. The SMILES string of the molecule is CCCN(CCC)C(=C(C)[SiH](C)CC)N(CCC)CCC. The molecule has 0 aromatic heterocycles.